The number of hydrogen-bond acceptors (Lipinski definition) is 11. The summed E-state index contributed by atoms with van der Waals surface area (Å²) in [5.41, 5.74) is 1.02. The predicted octanol–water partition coefficient (Wildman–Crippen LogP) is 2.76. The highest BCUT2D eigenvalue weighted by Crippen LogP contribution is 2.38. The molecule has 1 saturated carbocycles. The van der Waals surface area contributed by atoms with Crippen molar-refractivity contribution in [2.75, 3.05) is 42.2 Å². The van der Waals surface area contributed by atoms with Crippen LogP contribution in [0.1, 0.15) is 44.4 Å². The third-order valence-electron chi connectivity index (χ3n) is 7.26. The van der Waals surface area contributed by atoms with Crippen molar-refractivity contribution in [1.82, 2.24) is 29.8 Å². The number of aromatic nitrogens is 4. The second kappa shape index (κ2) is 11.5. The molecule has 3 heterocycles. The average Bonchev–Trinajstić information content (AvgIpc) is 3.64. The van der Waals surface area contributed by atoms with Crippen molar-refractivity contribution >= 4 is 46.5 Å². The maximum Gasteiger partial charge on any atom is 0.404 e. The van der Waals surface area contributed by atoms with E-state index in [4.69, 9.17) is 11.6 Å². The minimum atomic E-state index is -1.11. The van der Waals surface area contributed by atoms with Crippen LogP contribution in [0.3, 0.4) is 0 Å². The van der Waals surface area contributed by atoms with Gasteiger partial charge in [-0.1, -0.05) is 11.6 Å². The van der Waals surface area contributed by atoms with Gasteiger partial charge in [-0.05, 0) is 52.3 Å². The van der Waals surface area contributed by atoms with Gasteiger partial charge in [0.1, 0.15) is 6.07 Å². The smallest absolute Gasteiger partial charge is 0.404 e. The monoisotopic (exact) mass is 593 g/mol. The average molecular weight is 594 g/mol. The van der Waals surface area contributed by atoms with Gasteiger partial charge in [0.15, 0.2) is 17.2 Å². The molecular weight excluding hydrogens is 562 g/mol. The molecule has 0 bridgehead atoms. The molecule has 5 N–H and O–H groups in total. The van der Waals surface area contributed by atoms with Crippen molar-refractivity contribution in [3.63, 3.8) is 0 Å². The second-order valence-corrected chi connectivity index (χ2v) is 11.8. The van der Waals surface area contributed by atoms with Gasteiger partial charge in [-0.25, -0.2) is 9.78 Å². The minimum absolute atomic E-state index is 0.162. The van der Waals surface area contributed by atoms with Crippen LogP contribution in [-0.4, -0.2) is 91.2 Å². The van der Waals surface area contributed by atoms with Gasteiger partial charge in [-0.3, -0.25) is 4.90 Å². The zero-order valence-corrected chi connectivity index (χ0v) is 24.2. The first-order chi connectivity index (χ1) is 20.0. The molecule has 42 heavy (non-hydrogen) atoms. The number of imidazole rings is 1. The normalized spacial score (nSPS) is 18.9. The molecule has 1 aromatic carbocycles. The van der Waals surface area contributed by atoms with E-state index in [1.165, 1.54) is 10.7 Å². The lowest BCUT2D eigenvalue weighted by atomic mass is 9.95. The molecule has 2 aromatic heterocycles. The van der Waals surface area contributed by atoms with Crippen LogP contribution >= 0.6 is 11.6 Å². The molecule has 1 saturated heterocycles. The van der Waals surface area contributed by atoms with E-state index < -0.39 is 11.7 Å². The molecule has 1 amide bonds. The van der Waals surface area contributed by atoms with Crippen LogP contribution in [-0.2, 0) is 0 Å². The molecule has 14 nitrogen and oxygen atoms in total. The largest absolute Gasteiger partial charge is 0.465 e. The SMILES string of the molecule is CN(CC(C)(C)O)[C@H]1CN(c2cc(C#N)cc(Nc3nc(NC4CC4)c4ncc(C#N)n4n3)c2Cl)CC[C@@H]1NC(=O)O. The Balaban J connectivity index is 1.48. The van der Waals surface area contributed by atoms with Crippen molar-refractivity contribution < 1.29 is 15.0 Å². The molecule has 1 aliphatic heterocycles. The number of carboxylic acid groups (broad SMARTS) is 1. The van der Waals surface area contributed by atoms with E-state index in [-0.39, 0.29) is 29.8 Å². The van der Waals surface area contributed by atoms with E-state index in [0.717, 1.165) is 12.8 Å². The summed E-state index contributed by atoms with van der Waals surface area (Å²) in [4.78, 5) is 24.4. The van der Waals surface area contributed by atoms with Crippen LogP contribution in [0.25, 0.3) is 5.65 Å². The highest BCUT2D eigenvalue weighted by atomic mass is 35.5. The zero-order chi connectivity index (χ0) is 30.2. The molecule has 0 radical (unpaired) electrons. The fraction of sp³-hybridized carbons (Fsp3) is 0.481. The van der Waals surface area contributed by atoms with E-state index in [1.54, 1.807) is 26.0 Å². The van der Waals surface area contributed by atoms with Crippen molar-refractivity contribution in [2.45, 2.75) is 56.8 Å². The van der Waals surface area contributed by atoms with Crippen LogP contribution in [0.15, 0.2) is 18.3 Å². The summed E-state index contributed by atoms with van der Waals surface area (Å²) in [5, 5.41) is 53.1. The Morgan fingerprint density at radius 3 is 2.67 bits per heavy atom. The quantitative estimate of drug-likeness (QED) is 0.244. The van der Waals surface area contributed by atoms with Crippen LogP contribution in [0, 0.1) is 22.7 Å². The highest BCUT2D eigenvalue weighted by Gasteiger charge is 2.36. The number of halogens is 1. The summed E-state index contributed by atoms with van der Waals surface area (Å²) in [6, 6.07) is 7.17. The van der Waals surface area contributed by atoms with Gasteiger partial charge >= 0.3 is 6.09 Å². The number of aliphatic hydroxyl groups is 1. The van der Waals surface area contributed by atoms with Crippen LogP contribution in [0.4, 0.5) is 27.9 Å². The van der Waals surface area contributed by atoms with Crippen molar-refractivity contribution in [2.24, 2.45) is 0 Å². The lowest BCUT2D eigenvalue weighted by Gasteiger charge is -2.45. The Morgan fingerprint density at radius 1 is 1.26 bits per heavy atom. The van der Waals surface area contributed by atoms with E-state index in [2.05, 4.69) is 43.2 Å². The summed E-state index contributed by atoms with van der Waals surface area (Å²) < 4.78 is 1.41. The lowest BCUT2D eigenvalue weighted by molar-refractivity contribution is 0.0236. The van der Waals surface area contributed by atoms with E-state index in [9.17, 15) is 25.5 Å². The van der Waals surface area contributed by atoms with Gasteiger partial charge in [-0.2, -0.15) is 20.0 Å². The zero-order valence-electron chi connectivity index (χ0n) is 23.5. The lowest BCUT2D eigenvalue weighted by Crippen LogP contribution is -2.61. The minimum Gasteiger partial charge on any atom is -0.465 e. The molecule has 220 valence electrons. The van der Waals surface area contributed by atoms with Crippen molar-refractivity contribution in [3.05, 3.63) is 34.6 Å². The number of anilines is 4. The number of likely N-dealkylation sites (N-methyl/N-ethyl adjacent to an activating group) is 1. The number of rotatable bonds is 9. The molecule has 0 unspecified atom stereocenters. The Kier molecular flexibility index (Phi) is 7.97. The number of fused-ring (bicyclic) bond motifs is 1. The standard InChI is InChI=1S/C27H32ClN11O3/c1-27(2,42)14-37(3)21-13-38(7-6-18(21)34-26(40)41)20-9-15(10-29)8-19(22(20)28)33-25-35-23(32-16-4-5-16)24-31-12-17(11-30)39(24)36-25/h8-9,12,16,18,21,34,42H,4-7,13-14H2,1-3H3,(H,40,41)(H2,32,33,35,36)/t18-,21-/m0/s1. The number of nitrogens with zero attached hydrogens (tertiary/aromatic N) is 8. The summed E-state index contributed by atoms with van der Waals surface area (Å²) in [6.07, 6.45) is 2.82. The molecule has 2 aliphatic rings. The van der Waals surface area contributed by atoms with Gasteiger partial charge < -0.3 is 31.1 Å². The van der Waals surface area contributed by atoms with E-state index in [1.807, 2.05) is 16.8 Å². The molecule has 2 atom stereocenters. The number of amides is 1. The van der Waals surface area contributed by atoms with Gasteiger partial charge in [0.05, 0.1) is 45.9 Å². The Morgan fingerprint density at radius 2 is 2.02 bits per heavy atom. The van der Waals surface area contributed by atoms with Gasteiger partial charge in [0.25, 0.3) is 0 Å². The van der Waals surface area contributed by atoms with Gasteiger partial charge in [0.2, 0.25) is 5.95 Å². The molecule has 2 fully saturated rings. The predicted molar refractivity (Wildman–Crippen MR) is 156 cm³/mol. The van der Waals surface area contributed by atoms with E-state index in [0.29, 0.717) is 59.5 Å². The van der Waals surface area contributed by atoms with Crippen LogP contribution < -0.4 is 20.9 Å². The number of nitrogens with one attached hydrogen (secondary N) is 3. The Bertz CT molecular complexity index is 1590. The molecular formula is C27H32ClN11O3. The topological polar surface area (TPSA) is 191 Å². The first-order valence-corrected chi connectivity index (χ1v) is 13.9. The maximum absolute atomic E-state index is 11.5. The summed E-state index contributed by atoms with van der Waals surface area (Å²) >= 11 is 6.95. The second-order valence-electron chi connectivity index (χ2n) is 11.4. The molecule has 5 rings (SSSR count). The number of benzene rings is 1. The Hall–Kier alpha value is -4.37. The Labute approximate surface area is 247 Å². The first-order valence-electron chi connectivity index (χ1n) is 13.6. The summed E-state index contributed by atoms with van der Waals surface area (Å²) in [6.45, 7) is 4.58. The first kappa shape index (κ1) is 29.1. The highest BCUT2D eigenvalue weighted by molar-refractivity contribution is 6.36. The molecule has 15 heteroatoms. The van der Waals surface area contributed by atoms with Crippen LogP contribution in [0.2, 0.25) is 5.02 Å². The van der Waals surface area contributed by atoms with Gasteiger partial charge in [-0.15, -0.1) is 5.10 Å². The van der Waals surface area contributed by atoms with Crippen molar-refractivity contribution in [1.29, 1.82) is 10.5 Å². The van der Waals surface area contributed by atoms with E-state index >= 15 is 0 Å². The molecule has 3 aromatic rings. The third kappa shape index (κ3) is 6.41. The number of piperidine rings is 1. The fourth-order valence-electron chi connectivity index (χ4n) is 5.30. The number of carbonyl (C=O) groups is 1. The number of nitriles is 2. The maximum atomic E-state index is 11.5. The molecule has 0 spiro atoms. The summed E-state index contributed by atoms with van der Waals surface area (Å²) in [5.74, 6) is 0.644. The fourth-order valence-corrected chi connectivity index (χ4v) is 5.57. The van der Waals surface area contributed by atoms with Crippen molar-refractivity contribution in [3.8, 4) is 12.1 Å². The van der Waals surface area contributed by atoms with Gasteiger partial charge in [0, 0.05) is 31.7 Å². The summed E-state index contributed by atoms with van der Waals surface area (Å²) in [7, 11) is 1.84. The third-order valence-corrected chi connectivity index (χ3v) is 7.66. The molecule has 1 aliphatic carbocycles. The van der Waals surface area contributed by atoms with Crippen LogP contribution in [0.5, 0.6) is 0 Å². The number of hydrogen-bond donors (Lipinski definition) is 5.